The van der Waals surface area contributed by atoms with Gasteiger partial charge in [-0.2, -0.15) is 0 Å². The van der Waals surface area contributed by atoms with Crippen molar-refractivity contribution in [2.24, 2.45) is 0 Å². The van der Waals surface area contributed by atoms with Gasteiger partial charge < -0.3 is 4.74 Å². The summed E-state index contributed by atoms with van der Waals surface area (Å²) in [5, 5.41) is 0. The first-order chi connectivity index (χ1) is 5.27. The average Bonchev–Trinajstić information content (AvgIpc) is 1.96. The summed E-state index contributed by atoms with van der Waals surface area (Å²) in [5.74, 6) is 0. The van der Waals surface area contributed by atoms with Crippen LogP contribution in [-0.2, 0) is 4.74 Å². The Bertz CT molecular complexity index is 97.0. The van der Waals surface area contributed by atoms with Crippen molar-refractivity contribution in [3.8, 4) is 0 Å². The van der Waals surface area contributed by atoms with E-state index in [2.05, 4.69) is 20.4 Å². The van der Waals surface area contributed by atoms with Gasteiger partial charge in [-0.15, -0.1) is 6.58 Å². The summed E-state index contributed by atoms with van der Waals surface area (Å²) in [6.07, 6.45) is 4.48. The fourth-order valence-corrected chi connectivity index (χ4v) is 0.813. The van der Waals surface area contributed by atoms with Gasteiger partial charge in [0.1, 0.15) is 0 Å². The Kier molecular flexibility index (Phi) is 7.59. The number of unbranched alkanes of at least 4 members (excludes halogenated alkanes) is 1. The molecule has 0 spiro atoms. The molecule has 0 rings (SSSR count). The lowest BCUT2D eigenvalue weighted by Crippen LogP contribution is -1.90. The van der Waals surface area contributed by atoms with Crippen molar-refractivity contribution in [1.82, 2.24) is 0 Å². The minimum atomic E-state index is 0.862. The van der Waals surface area contributed by atoms with Gasteiger partial charge in [0.15, 0.2) is 0 Å². The fourth-order valence-electron chi connectivity index (χ4n) is 0.813. The van der Waals surface area contributed by atoms with Crippen molar-refractivity contribution in [3.63, 3.8) is 0 Å². The molecular formula is C10H19O. The van der Waals surface area contributed by atoms with E-state index in [9.17, 15) is 0 Å². The van der Waals surface area contributed by atoms with E-state index in [1.807, 2.05) is 6.61 Å². The Morgan fingerprint density at radius 1 is 1.45 bits per heavy atom. The highest BCUT2D eigenvalue weighted by atomic mass is 16.5. The van der Waals surface area contributed by atoms with E-state index >= 15 is 0 Å². The molecule has 0 heterocycles. The van der Waals surface area contributed by atoms with Crippen LogP contribution in [0.1, 0.15) is 39.5 Å². The molecular weight excluding hydrogens is 136 g/mol. The molecule has 0 aromatic heterocycles. The highest BCUT2D eigenvalue weighted by molar-refractivity contribution is 4.86. The minimum Gasteiger partial charge on any atom is -0.376 e. The van der Waals surface area contributed by atoms with Gasteiger partial charge in [-0.3, -0.25) is 0 Å². The van der Waals surface area contributed by atoms with E-state index in [0.717, 1.165) is 25.9 Å². The largest absolute Gasteiger partial charge is 0.376 e. The first kappa shape index (κ1) is 10.7. The van der Waals surface area contributed by atoms with Crippen molar-refractivity contribution >= 4 is 0 Å². The zero-order valence-corrected chi connectivity index (χ0v) is 7.73. The number of allylic oxidation sites excluding steroid dienone is 1. The second-order valence-corrected chi connectivity index (χ2v) is 2.86. The Labute approximate surface area is 70.4 Å². The summed E-state index contributed by atoms with van der Waals surface area (Å²) >= 11 is 0. The molecule has 1 radical (unpaired) electrons. The topological polar surface area (TPSA) is 9.23 Å². The van der Waals surface area contributed by atoms with Crippen LogP contribution in [0.5, 0.6) is 0 Å². The normalized spacial score (nSPS) is 10.0. The van der Waals surface area contributed by atoms with Crippen LogP contribution >= 0.6 is 0 Å². The Balaban J connectivity index is 2.85. The van der Waals surface area contributed by atoms with E-state index < -0.39 is 0 Å². The van der Waals surface area contributed by atoms with Gasteiger partial charge in [0, 0.05) is 6.61 Å². The van der Waals surface area contributed by atoms with Crippen LogP contribution in [0.25, 0.3) is 0 Å². The van der Waals surface area contributed by atoms with E-state index in [4.69, 9.17) is 4.74 Å². The minimum absolute atomic E-state index is 0.862. The number of rotatable bonds is 7. The van der Waals surface area contributed by atoms with Crippen LogP contribution in [0.15, 0.2) is 12.2 Å². The standard InChI is InChI=1S/C10H19O/c1-4-8-11-9-6-5-7-10(2)3/h8H,2,4-7,9H2,1,3H3. The van der Waals surface area contributed by atoms with Gasteiger partial charge in [0.25, 0.3) is 0 Å². The SMILES string of the molecule is C=C(C)CCCCO[CH]CC. The summed E-state index contributed by atoms with van der Waals surface area (Å²) in [7, 11) is 0. The summed E-state index contributed by atoms with van der Waals surface area (Å²) in [6.45, 7) is 10.7. The molecule has 0 aromatic rings. The lowest BCUT2D eigenvalue weighted by atomic mass is 10.1. The summed E-state index contributed by atoms with van der Waals surface area (Å²) in [5.41, 5.74) is 1.27. The summed E-state index contributed by atoms with van der Waals surface area (Å²) < 4.78 is 5.21. The second-order valence-electron chi connectivity index (χ2n) is 2.86. The van der Waals surface area contributed by atoms with Gasteiger partial charge >= 0.3 is 0 Å². The van der Waals surface area contributed by atoms with Gasteiger partial charge in [0.05, 0.1) is 6.61 Å². The van der Waals surface area contributed by atoms with Gasteiger partial charge in [-0.25, -0.2) is 0 Å². The zero-order valence-electron chi connectivity index (χ0n) is 7.73. The molecule has 65 valence electrons. The predicted molar refractivity (Wildman–Crippen MR) is 49.2 cm³/mol. The van der Waals surface area contributed by atoms with Crippen molar-refractivity contribution in [1.29, 1.82) is 0 Å². The molecule has 0 N–H and O–H groups in total. The Morgan fingerprint density at radius 2 is 2.18 bits per heavy atom. The maximum Gasteiger partial charge on any atom is 0.0833 e. The van der Waals surface area contributed by atoms with E-state index in [0.29, 0.717) is 0 Å². The highest BCUT2D eigenvalue weighted by Gasteiger charge is 1.89. The zero-order chi connectivity index (χ0) is 8.53. The molecule has 1 heteroatoms. The Morgan fingerprint density at radius 3 is 2.73 bits per heavy atom. The number of hydrogen-bond acceptors (Lipinski definition) is 1. The molecule has 0 aliphatic heterocycles. The van der Waals surface area contributed by atoms with Gasteiger partial charge in [-0.05, 0) is 32.6 Å². The third kappa shape index (κ3) is 9.70. The smallest absolute Gasteiger partial charge is 0.0833 e. The highest BCUT2D eigenvalue weighted by Crippen LogP contribution is 2.03. The van der Waals surface area contributed by atoms with Crippen LogP contribution in [0.3, 0.4) is 0 Å². The van der Waals surface area contributed by atoms with Crippen molar-refractivity contribution in [3.05, 3.63) is 18.8 Å². The second kappa shape index (κ2) is 7.80. The van der Waals surface area contributed by atoms with E-state index in [1.54, 1.807) is 0 Å². The van der Waals surface area contributed by atoms with Gasteiger partial charge in [0.2, 0.25) is 0 Å². The third-order valence-corrected chi connectivity index (χ3v) is 1.40. The number of ether oxygens (including phenoxy) is 1. The van der Waals surface area contributed by atoms with Crippen molar-refractivity contribution in [2.45, 2.75) is 39.5 Å². The monoisotopic (exact) mass is 155 g/mol. The summed E-state index contributed by atoms with van der Waals surface area (Å²) in [4.78, 5) is 0. The summed E-state index contributed by atoms with van der Waals surface area (Å²) in [6, 6.07) is 0. The fraction of sp³-hybridized carbons (Fsp3) is 0.700. The maximum atomic E-state index is 5.21. The molecule has 11 heavy (non-hydrogen) atoms. The first-order valence-electron chi connectivity index (χ1n) is 4.35. The predicted octanol–water partition coefficient (Wildman–Crippen LogP) is 3.32. The van der Waals surface area contributed by atoms with Crippen LogP contribution in [0.2, 0.25) is 0 Å². The lowest BCUT2D eigenvalue weighted by molar-refractivity contribution is 0.189. The molecule has 0 unspecified atom stereocenters. The average molecular weight is 155 g/mol. The van der Waals surface area contributed by atoms with Crippen molar-refractivity contribution in [2.75, 3.05) is 6.61 Å². The third-order valence-electron chi connectivity index (χ3n) is 1.40. The lowest BCUT2D eigenvalue weighted by Gasteiger charge is -2.01. The molecule has 0 atom stereocenters. The van der Waals surface area contributed by atoms with Crippen LogP contribution < -0.4 is 0 Å². The van der Waals surface area contributed by atoms with Crippen LogP contribution in [0, 0.1) is 6.61 Å². The molecule has 0 aliphatic rings. The van der Waals surface area contributed by atoms with Crippen molar-refractivity contribution < 1.29 is 4.74 Å². The molecule has 0 amide bonds. The van der Waals surface area contributed by atoms with E-state index in [1.165, 1.54) is 12.0 Å². The molecule has 0 fully saturated rings. The van der Waals surface area contributed by atoms with Crippen LogP contribution in [-0.4, -0.2) is 6.61 Å². The van der Waals surface area contributed by atoms with Gasteiger partial charge in [-0.1, -0.05) is 12.5 Å². The number of hydrogen-bond donors (Lipinski definition) is 0. The molecule has 0 aromatic carbocycles. The molecule has 1 nitrogen and oxygen atoms in total. The molecule has 0 aliphatic carbocycles. The van der Waals surface area contributed by atoms with E-state index in [-0.39, 0.29) is 0 Å². The Hall–Kier alpha value is -0.300. The maximum absolute atomic E-state index is 5.21. The quantitative estimate of drug-likeness (QED) is 0.405. The molecule has 0 saturated carbocycles. The van der Waals surface area contributed by atoms with Crippen LogP contribution in [0.4, 0.5) is 0 Å². The first-order valence-corrected chi connectivity index (χ1v) is 4.35. The molecule has 0 bridgehead atoms. The molecule has 0 saturated heterocycles.